The van der Waals surface area contributed by atoms with Crippen molar-refractivity contribution in [3.8, 4) is 0 Å². The van der Waals surface area contributed by atoms with Gasteiger partial charge in [-0.2, -0.15) is 0 Å². The summed E-state index contributed by atoms with van der Waals surface area (Å²) in [7, 11) is 0. The molecule has 0 radical (unpaired) electrons. The summed E-state index contributed by atoms with van der Waals surface area (Å²) < 4.78 is 0. The number of hydrogen-bond acceptors (Lipinski definition) is 0. The van der Waals surface area contributed by atoms with E-state index in [1.54, 1.807) is 11.1 Å². The quantitative estimate of drug-likeness (QED) is 0.545. The minimum atomic E-state index is 0.873. The summed E-state index contributed by atoms with van der Waals surface area (Å²) in [6, 6.07) is 9.06. The van der Waals surface area contributed by atoms with Crippen molar-refractivity contribution < 1.29 is 0 Å². The molecule has 17 heavy (non-hydrogen) atoms. The van der Waals surface area contributed by atoms with E-state index in [0.29, 0.717) is 0 Å². The van der Waals surface area contributed by atoms with Gasteiger partial charge in [0.1, 0.15) is 0 Å². The lowest BCUT2D eigenvalue weighted by molar-refractivity contribution is 0.536. The molecule has 0 nitrogen and oxygen atoms in total. The van der Waals surface area contributed by atoms with E-state index in [0.717, 1.165) is 5.92 Å². The third-order valence-electron chi connectivity index (χ3n) is 4.16. The zero-order valence-corrected chi connectivity index (χ0v) is 11.3. The third kappa shape index (κ3) is 3.59. The van der Waals surface area contributed by atoms with Crippen LogP contribution in [0.5, 0.6) is 0 Å². The van der Waals surface area contributed by atoms with Crippen LogP contribution < -0.4 is 0 Å². The van der Waals surface area contributed by atoms with Crippen molar-refractivity contribution in [3.63, 3.8) is 0 Å². The SMILES string of the molecule is CCCCCCCCC1CCc2ccccc21. The molecule has 1 unspecified atom stereocenters. The van der Waals surface area contributed by atoms with E-state index in [9.17, 15) is 0 Å². The van der Waals surface area contributed by atoms with Gasteiger partial charge in [0, 0.05) is 0 Å². The van der Waals surface area contributed by atoms with Crippen LogP contribution in [0.2, 0.25) is 0 Å². The molecule has 1 aromatic carbocycles. The number of benzene rings is 1. The van der Waals surface area contributed by atoms with Crippen LogP contribution in [-0.4, -0.2) is 0 Å². The van der Waals surface area contributed by atoms with Crippen molar-refractivity contribution in [2.75, 3.05) is 0 Å². The van der Waals surface area contributed by atoms with Gasteiger partial charge in [0.2, 0.25) is 0 Å². The molecule has 94 valence electrons. The summed E-state index contributed by atoms with van der Waals surface area (Å²) in [5.41, 5.74) is 3.27. The maximum absolute atomic E-state index is 2.35. The van der Waals surface area contributed by atoms with Crippen LogP contribution in [0.3, 0.4) is 0 Å². The second kappa shape index (κ2) is 6.83. The van der Waals surface area contributed by atoms with E-state index >= 15 is 0 Å². The zero-order valence-electron chi connectivity index (χ0n) is 11.3. The average Bonchev–Trinajstić information content (AvgIpc) is 2.77. The number of unbranched alkanes of at least 4 members (excludes halogenated alkanes) is 5. The first-order valence-corrected chi connectivity index (χ1v) is 7.49. The molecule has 0 spiro atoms. The highest BCUT2D eigenvalue weighted by Gasteiger charge is 2.20. The van der Waals surface area contributed by atoms with Crippen LogP contribution in [0.4, 0.5) is 0 Å². The number of hydrogen-bond donors (Lipinski definition) is 0. The van der Waals surface area contributed by atoms with Gasteiger partial charge in [0.25, 0.3) is 0 Å². The minimum absolute atomic E-state index is 0.873. The number of rotatable bonds is 7. The predicted molar refractivity (Wildman–Crippen MR) is 75.5 cm³/mol. The molecule has 1 aliphatic rings. The highest BCUT2D eigenvalue weighted by molar-refractivity contribution is 5.34. The Morgan fingerprint density at radius 1 is 1.00 bits per heavy atom. The second-order valence-corrected chi connectivity index (χ2v) is 5.49. The smallest absolute Gasteiger partial charge is 0.0156 e. The zero-order chi connectivity index (χ0) is 11.9. The molecule has 0 bridgehead atoms. The number of fused-ring (bicyclic) bond motifs is 1. The normalized spacial score (nSPS) is 18.3. The third-order valence-corrected chi connectivity index (χ3v) is 4.16. The van der Waals surface area contributed by atoms with E-state index in [2.05, 4.69) is 31.2 Å². The Balaban J connectivity index is 1.68. The molecule has 0 aromatic heterocycles. The van der Waals surface area contributed by atoms with Crippen molar-refractivity contribution >= 4 is 0 Å². The molecule has 1 aliphatic carbocycles. The lowest BCUT2D eigenvalue weighted by atomic mass is 9.94. The van der Waals surface area contributed by atoms with Gasteiger partial charge in [-0.15, -0.1) is 0 Å². The first-order valence-electron chi connectivity index (χ1n) is 7.49. The standard InChI is InChI=1S/C17H26/c1-2-3-4-5-6-7-10-15-13-14-16-11-8-9-12-17(15)16/h8-9,11-12,15H,2-7,10,13-14H2,1H3. The Bertz CT molecular complexity index is 327. The molecule has 0 N–H and O–H groups in total. The van der Waals surface area contributed by atoms with Gasteiger partial charge in [-0.1, -0.05) is 69.7 Å². The molecule has 2 rings (SSSR count). The van der Waals surface area contributed by atoms with Gasteiger partial charge >= 0.3 is 0 Å². The van der Waals surface area contributed by atoms with E-state index < -0.39 is 0 Å². The summed E-state index contributed by atoms with van der Waals surface area (Å²) in [4.78, 5) is 0. The summed E-state index contributed by atoms with van der Waals surface area (Å²) in [6.45, 7) is 2.29. The lowest BCUT2D eigenvalue weighted by Gasteiger charge is -2.11. The Hall–Kier alpha value is -0.780. The average molecular weight is 230 g/mol. The number of aryl methyl sites for hydroxylation is 1. The van der Waals surface area contributed by atoms with Crippen LogP contribution in [-0.2, 0) is 6.42 Å². The Kier molecular flexibility index (Phi) is 5.09. The molecule has 0 aliphatic heterocycles. The molecular formula is C17H26. The Labute approximate surface area is 106 Å². The molecule has 0 heteroatoms. The van der Waals surface area contributed by atoms with Crippen LogP contribution in [0.25, 0.3) is 0 Å². The highest BCUT2D eigenvalue weighted by atomic mass is 14.3. The van der Waals surface area contributed by atoms with E-state index in [4.69, 9.17) is 0 Å². The van der Waals surface area contributed by atoms with Crippen molar-refractivity contribution in [3.05, 3.63) is 35.4 Å². The van der Waals surface area contributed by atoms with Crippen LogP contribution in [0.1, 0.15) is 75.3 Å². The largest absolute Gasteiger partial charge is 0.0654 e. The fourth-order valence-corrected chi connectivity index (χ4v) is 3.12. The van der Waals surface area contributed by atoms with Crippen LogP contribution in [0, 0.1) is 0 Å². The van der Waals surface area contributed by atoms with Gasteiger partial charge < -0.3 is 0 Å². The van der Waals surface area contributed by atoms with Gasteiger partial charge in [0.15, 0.2) is 0 Å². The maximum Gasteiger partial charge on any atom is -0.0156 e. The minimum Gasteiger partial charge on any atom is -0.0654 e. The van der Waals surface area contributed by atoms with Crippen molar-refractivity contribution in [1.82, 2.24) is 0 Å². The van der Waals surface area contributed by atoms with Crippen molar-refractivity contribution in [2.45, 2.75) is 70.6 Å². The van der Waals surface area contributed by atoms with Crippen molar-refractivity contribution in [1.29, 1.82) is 0 Å². The fourth-order valence-electron chi connectivity index (χ4n) is 3.12. The molecule has 1 atom stereocenters. The summed E-state index contributed by atoms with van der Waals surface area (Å²) >= 11 is 0. The van der Waals surface area contributed by atoms with E-state index in [1.807, 2.05) is 0 Å². The topological polar surface area (TPSA) is 0 Å². The molecule has 0 heterocycles. The van der Waals surface area contributed by atoms with Crippen LogP contribution in [0.15, 0.2) is 24.3 Å². The molecule has 0 fully saturated rings. The fraction of sp³-hybridized carbons (Fsp3) is 0.647. The summed E-state index contributed by atoms with van der Waals surface area (Å²) in [6.07, 6.45) is 12.7. The van der Waals surface area contributed by atoms with Crippen LogP contribution >= 0.6 is 0 Å². The second-order valence-electron chi connectivity index (χ2n) is 5.49. The molecule has 1 aromatic rings. The van der Waals surface area contributed by atoms with Gasteiger partial charge in [-0.3, -0.25) is 0 Å². The van der Waals surface area contributed by atoms with E-state index in [-0.39, 0.29) is 0 Å². The van der Waals surface area contributed by atoms with Gasteiger partial charge in [-0.25, -0.2) is 0 Å². The van der Waals surface area contributed by atoms with E-state index in [1.165, 1.54) is 57.8 Å². The summed E-state index contributed by atoms with van der Waals surface area (Å²) in [5, 5.41) is 0. The first kappa shape index (κ1) is 12.7. The molecule has 0 saturated heterocycles. The highest BCUT2D eigenvalue weighted by Crippen LogP contribution is 2.36. The van der Waals surface area contributed by atoms with Gasteiger partial charge in [0.05, 0.1) is 0 Å². The monoisotopic (exact) mass is 230 g/mol. The van der Waals surface area contributed by atoms with Gasteiger partial charge in [-0.05, 0) is 36.3 Å². The molecule has 0 saturated carbocycles. The summed E-state index contributed by atoms with van der Waals surface area (Å²) in [5.74, 6) is 0.873. The first-order chi connectivity index (χ1) is 8.42. The Morgan fingerprint density at radius 3 is 2.65 bits per heavy atom. The maximum atomic E-state index is 2.35. The molecular weight excluding hydrogens is 204 g/mol. The Morgan fingerprint density at radius 2 is 1.76 bits per heavy atom. The molecule has 0 amide bonds. The van der Waals surface area contributed by atoms with Crippen molar-refractivity contribution in [2.24, 2.45) is 0 Å². The predicted octanol–water partition coefficient (Wildman–Crippen LogP) is 5.47. The lowest BCUT2D eigenvalue weighted by Crippen LogP contribution is -1.93.